The predicted octanol–water partition coefficient (Wildman–Crippen LogP) is 1.62. The van der Waals surface area contributed by atoms with Crippen LogP contribution in [-0.2, 0) is 9.53 Å². The normalized spacial score (nSPS) is 26.8. The average Bonchev–Trinajstić information content (AvgIpc) is 2.01. The zero-order valence-electron chi connectivity index (χ0n) is 7.86. The molecule has 1 saturated carbocycles. The average molecular weight is 204 g/mol. The third-order valence-electron chi connectivity index (χ3n) is 2.35. The van der Waals surface area contributed by atoms with E-state index in [9.17, 15) is 4.79 Å². The minimum Gasteiger partial charge on any atom is -0.481 e. The van der Waals surface area contributed by atoms with Gasteiger partial charge in [-0.2, -0.15) is 11.8 Å². The van der Waals surface area contributed by atoms with Crippen LogP contribution >= 0.6 is 11.8 Å². The lowest BCUT2D eigenvalue weighted by Crippen LogP contribution is -2.35. The van der Waals surface area contributed by atoms with Gasteiger partial charge in [0.05, 0.1) is 5.92 Å². The molecule has 1 aliphatic rings. The van der Waals surface area contributed by atoms with Crippen molar-refractivity contribution < 1.29 is 14.6 Å². The monoisotopic (exact) mass is 204 g/mol. The number of hydrogen-bond acceptors (Lipinski definition) is 3. The second kappa shape index (κ2) is 5.50. The first kappa shape index (κ1) is 10.9. The Balaban J connectivity index is 2.05. The van der Waals surface area contributed by atoms with Crippen LogP contribution < -0.4 is 0 Å². The number of methoxy groups -OCH3 is 1. The largest absolute Gasteiger partial charge is 0.481 e. The molecule has 1 rings (SSSR count). The molecule has 0 aromatic carbocycles. The van der Waals surface area contributed by atoms with Crippen molar-refractivity contribution in [3.05, 3.63) is 0 Å². The van der Waals surface area contributed by atoms with E-state index in [0.29, 0.717) is 5.25 Å². The van der Waals surface area contributed by atoms with Gasteiger partial charge >= 0.3 is 5.97 Å². The lowest BCUT2D eigenvalue weighted by molar-refractivity contribution is -0.144. The van der Waals surface area contributed by atoms with Crippen LogP contribution in [-0.4, -0.2) is 35.8 Å². The summed E-state index contributed by atoms with van der Waals surface area (Å²) in [6, 6.07) is 0. The first-order valence-electron chi connectivity index (χ1n) is 4.59. The van der Waals surface area contributed by atoms with Crippen molar-refractivity contribution in [2.24, 2.45) is 5.92 Å². The van der Waals surface area contributed by atoms with Crippen molar-refractivity contribution >= 4 is 17.7 Å². The maximum absolute atomic E-state index is 10.6. The molecule has 1 aliphatic carbocycles. The second-order valence-corrected chi connectivity index (χ2v) is 4.62. The molecule has 0 spiro atoms. The molecular weight excluding hydrogens is 188 g/mol. The van der Waals surface area contributed by atoms with E-state index < -0.39 is 5.97 Å². The summed E-state index contributed by atoms with van der Waals surface area (Å²) in [5, 5.41) is 9.12. The fraction of sp³-hybridized carbons (Fsp3) is 0.889. The first-order chi connectivity index (χ1) is 6.25. The zero-order valence-corrected chi connectivity index (χ0v) is 8.68. The SMILES string of the molecule is COCCCSC1CCC1C(=O)O. The van der Waals surface area contributed by atoms with Crippen LogP contribution in [0.1, 0.15) is 19.3 Å². The topological polar surface area (TPSA) is 46.5 Å². The van der Waals surface area contributed by atoms with Gasteiger partial charge in [0, 0.05) is 19.0 Å². The summed E-state index contributed by atoms with van der Waals surface area (Å²) in [7, 11) is 1.69. The van der Waals surface area contributed by atoms with E-state index in [1.165, 1.54) is 0 Å². The summed E-state index contributed by atoms with van der Waals surface area (Å²) in [5.41, 5.74) is 0. The second-order valence-electron chi connectivity index (χ2n) is 3.28. The summed E-state index contributed by atoms with van der Waals surface area (Å²) >= 11 is 1.78. The molecule has 2 atom stereocenters. The number of rotatable bonds is 6. The molecule has 13 heavy (non-hydrogen) atoms. The van der Waals surface area contributed by atoms with Crippen LogP contribution in [0.2, 0.25) is 0 Å². The van der Waals surface area contributed by atoms with Gasteiger partial charge in [-0.3, -0.25) is 4.79 Å². The minimum absolute atomic E-state index is 0.0902. The Morgan fingerprint density at radius 2 is 2.38 bits per heavy atom. The van der Waals surface area contributed by atoms with Crippen LogP contribution in [0.5, 0.6) is 0 Å². The van der Waals surface area contributed by atoms with Gasteiger partial charge in [0.15, 0.2) is 0 Å². The van der Waals surface area contributed by atoms with Gasteiger partial charge < -0.3 is 9.84 Å². The lowest BCUT2D eigenvalue weighted by Gasteiger charge is -2.32. The molecule has 0 aromatic rings. The predicted molar refractivity (Wildman–Crippen MR) is 53.1 cm³/mol. The number of ether oxygens (including phenoxy) is 1. The molecule has 3 nitrogen and oxygen atoms in total. The molecular formula is C9H16O3S. The van der Waals surface area contributed by atoms with Gasteiger partial charge in [-0.05, 0) is 25.0 Å². The fourth-order valence-corrected chi connectivity index (χ4v) is 2.76. The summed E-state index contributed by atoms with van der Waals surface area (Å²) in [5.74, 6) is 0.297. The number of hydrogen-bond donors (Lipinski definition) is 1. The summed E-state index contributed by atoms with van der Waals surface area (Å²) < 4.78 is 4.92. The molecule has 76 valence electrons. The molecule has 0 bridgehead atoms. The van der Waals surface area contributed by atoms with Crippen molar-refractivity contribution in [1.29, 1.82) is 0 Å². The maximum Gasteiger partial charge on any atom is 0.307 e. The van der Waals surface area contributed by atoms with E-state index in [-0.39, 0.29) is 5.92 Å². The molecule has 2 unspecified atom stereocenters. The lowest BCUT2D eigenvalue weighted by atomic mass is 9.85. The Morgan fingerprint density at radius 1 is 1.62 bits per heavy atom. The summed E-state index contributed by atoms with van der Waals surface area (Å²) in [6.45, 7) is 0.775. The van der Waals surface area contributed by atoms with E-state index in [0.717, 1.165) is 31.6 Å². The highest BCUT2D eigenvalue weighted by Gasteiger charge is 2.36. The maximum atomic E-state index is 10.6. The molecule has 0 heterocycles. The fourth-order valence-electron chi connectivity index (χ4n) is 1.39. The van der Waals surface area contributed by atoms with Gasteiger partial charge in [0.1, 0.15) is 0 Å². The highest BCUT2D eigenvalue weighted by atomic mass is 32.2. The van der Waals surface area contributed by atoms with E-state index in [1.807, 2.05) is 0 Å². The van der Waals surface area contributed by atoms with Crippen LogP contribution in [0.4, 0.5) is 0 Å². The van der Waals surface area contributed by atoms with Gasteiger partial charge in [-0.15, -0.1) is 0 Å². The van der Waals surface area contributed by atoms with Crippen molar-refractivity contribution in [2.75, 3.05) is 19.5 Å². The third kappa shape index (κ3) is 3.19. The van der Waals surface area contributed by atoms with Crippen molar-refractivity contribution in [2.45, 2.75) is 24.5 Å². The molecule has 4 heteroatoms. The Morgan fingerprint density at radius 3 is 2.85 bits per heavy atom. The highest BCUT2D eigenvalue weighted by Crippen LogP contribution is 2.37. The van der Waals surface area contributed by atoms with Crippen LogP contribution in [0.15, 0.2) is 0 Å². The molecule has 0 aromatic heterocycles. The Kier molecular flexibility index (Phi) is 4.59. The Bertz CT molecular complexity index is 172. The van der Waals surface area contributed by atoms with Crippen molar-refractivity contribution in [3.63, 3.8) is 0 Å². The zero-order chi connectivity index (χ0) is 9.68. The molecule has 0 amide bonds. The standard InChI is InChI=1S/C9H16O3S/c1-12-5-2-6-13-8-4-3-7(8)9(10)11/h7-8H,2-6H2,1H3,(H,10,11). The van der Waals surface area contributed by atoms with Crippen molar-refractivity contribution in [3.8, 4) is 0 Å². The molecule has 0 aliphatic heterocycles. The summed E-state index contributed by atoms with van der Waals surface area (Å²) in [4.78, 5) is 10.6. The smallest absolute Gasteiger partial charge is 0.307 e. The van der Waals surface area contributed by atoms with E-state index in [1.54, 1.807) is 18.9 Å². The van der Waals surface area contributed by atoms with Crippen LogP contribution in [0, 0.1) is 5.92 Å². The molecule has 0 saturated heterocycles. The van der Waals surface area contributed by atoms with E-state index >= 15 is 0 Å². The van der Waals surface area contributed by atoms with Crippen LogP contribution in [0.25, 0.3) is 0 Å². The molecule has 1 fully saturated rings. The van der Waals surface area contributed by atoms with Gasteiger partial charge in [-0.25, -0.2) is 0 Å². The third-order valence-corrected chi connectivity index (χ3v) is 3.87. The summed E-state index contributed by atoms with van der Waals surface area (Å²) in [6.07, 6.45) is 2.94. The van der Waals surface area contributed by atoms with Crippen LogP contribution in [0.3, 0.4) is 0 Å². The quantitative estimate of drug-likeness (QED) is 0.668. The van der Waals surface area contributed by atoms with Gasteiger partial charge in [0.2, 0.25) is 0 Å². The first-order valence-corrected chi connectivity index (χ1v) is 5.64. The van der Waals surface area contributed by atoms with Gasteiger partial charge in [0.25, 0.3) is 0 Å². The minimum atomic E-state index is -0.629. The van der Waals surface area contributed by atoms with Crippen molar-refractivity contribution in [1.82, 2.24) is 0 Å². The number of carbonyl (C=O) groups is 1. The molecule has 0 radical (unpaired) electrons. The Hall–Kier alpha value is -0.220. The highest BCUT2D eigenvalue weighted by molar-refractivity contribution is 8.00. The number of aliphatic carboxylic acids is 1. The van der Waals surface area contributed by atoms with Gasteiger partial charge in [-0.1, -0.05) is 0 Å². The molecule has 1 N–H and O–H groups in total. The van der Waals surface area contributed by atoms with E-state index in [2.05, 4.69) is 0 Å². The number of thioether (sulfide) groups is 1. The van der Waals surface area contributed by atoms with E-state index in [4.69, 9.17) is 9.84 Å². The Labute approximate surface area is 82.8 Å². The number of carboxylic acids is 1. The number of carboxylic acid groups (broad SMARTS) is 1.